The van der Waals surface area contributed by atoms with Gasteiger partial charge in [-0.1, -0.05) is 19.3 Å². The second kappa shape index (κ2) is 8.36. The molecule has 1 aliphatic carbocycles. The van der Waals surface area contributed by atoms with Crippen molar-refractivity contribution in [3.05, 3.63) is 24.2 Å². The van der Waals surface area contributed by atoms with Crippen LogP contribution in [0.3, 0.4) is 0 Å². The van der Waals surface area contributed by atoms with Gasteiger partial charge in [0.15, 0.2) is 0 Å². The van der Waals surface area contributed by atoms with Crippen LogP contribution in [0.2, 0.25) is 0 Å². The summed E-state index contributed by atoms with van der Waals surface area (Å²) in [6, 6.07) is 3.65. The Kier molecular flexibility index (Phi) is 5.93. The lowest BCUT2D eigenvalue weighted by Gasteiger charge is -2.32. The van der Waals surface area contributed by atoms with Gasteiger partial charge in [-0.25, -0.2) is 4.79 Å². The molecule has 0 radical (unpaired) electrons. The standard InChI is InChI=1S/C17H26N2O4/c20-17(18-8-11-21-14-5-2-1-3-6-14)19-9-12-23-16(13-19)15-7-4-10-22-15/h4,7,10,14,16H,1-3,5-6,8-9,11-13H2,(H,18,20). The summed E-state index contributed by atoms with van der Waals surface area (Å²) in [4.78, 5) is 14.0. The Morgan fingerprint density at radius 3 is 3.00 bits per heavy atom. The Balaban J connectivity index is 1.36. The number of furan rings is 1. The molecule has 2 amide bonds. The highest BCUT2D eigenvalue weighted by Gasteiger charge is 2.26. The van der Waals surface area contributed by atoms with Crippen LogP contribution >= 0.6 is 0 Å². The van der Waals surface area contributed by atoms with Crippen LogP contribution in [0.5, 0.6) is 0 Å². The van der Waals surface area contributed by atoms with Gasteiger partial charge in [0.2, 0.25) is 0 Å². The first kappa shape index (κ1) is 16.3. The molecule has 2 heterocycles. The number of carbonyl (C=O) groups excluding carboxylic acids is 1. The molecule has 0 bridgehead atoms. The number of nitrogens with zero attached hydrogens (tertiary/aromatic N) is 1. The molecule has 128 valence electrons. The third kappa shape index (κ3) is 4.72. The van der Waals surface area contributed by atoms with E-state index in [1.54, 1.807) is 11.2 Å². The molecule has 6 heteroatoms. The Bertz CT molecular complexity index is 471. The Hall–Kier alpha value is -1.53. The predicted molar refractivity (Wildman–Crippen MR) is 85.2 cm³/mol. The molecule has 1 aliphatic heterocycles. The summed E-state index contributed by atoms with van der Waals surface area (Å²) in [5, 5.41) is 2.93. The van der Waals surface area contributed by atoms with Gasteiger partial charge < -0.3 is 24.1 Å². The molecule has 1 unspecified atom stereocenters. The van der Waals surface area contributed by atoms with Gasteiger partial charge in [0, 0.05) is 13.1 Å². The summed E-state index contributed by atoms with van der Waals surface area (Å²) >= 11 is 0. The zero-order chi connectivity index (χ0) is 15.9. The van der Waals surface area contributed by atoms with Crippen molar-refractivity contribution in [2.45, 2.75) is 44.3 Å². The van der Waals surface area contributed by atoms with Crippen molar-refractivity contribution in [2.75, 3.05) is 32.8 Å². The molecule has 1 saturated heterocycles. The molecule has 1 saturated carbocycles. The van der Waals surface area contributed by atoms with E-state index in [1.165, 1.54) is 19.3 Å². The number of amides is 2. The summed E-state index contributed by atoms with van der Waals surface area (Å²) in [6.45, 7) is 2.78. The number of hydrogen-bond donors (Lipinski definition) is 1. The topological polar surface area (TPSA) is 63.9 Å². The molecule has 1 N–H and O–H groups in total. The van der Waals surface area contributed by atoms with Gasteiger partial charge in [-0.2, -0.15) is 0 Å². The fourth-order valence-corrected chi connectivity index (χ4v) is 3.21. The Morgan fingerprint density at radius 2 is 2.22 bits per heavy atom. The van der Waals surface area contributed by atoms with Gasteiger partial charge in [0.1, 0.15) is 11.9 Å². The highest BCUT2D eigenvalue weighted by molar-refractivity contribution is 5.74. The minimum absolute atomic E-state index is 0.0582. The third-order valence-electron chi connectivity index (χ3n) is 4.50. The summed E-state index contributed by atoms with van der Waals surface area (Å²) < 4.78 is 16.9. The molecule has 23 heavy (non-hydrogen) atoms. The van der Waals surface area contributed by atoms with Crippen molar-refractivity contribution in [3.63, 3.8) is 0 Å². The van der Waals surface area contributed by atoms with E-state index in [2.05, 4.69) is 5.32 Å². The number of urea groups is 1. The summed E-state index contributed by atoms with van der Waals surface area (Å²) in [7, 11) is 0. The smallest absolute Gasteiger partial charge is 0.317 e. The third-order valence-corrected chi connectivity index (χ3v) is 4.50. The number of ether oxygens (including phenoxy) is 2. The van der Waals surface area contributed by atoms with E-state index < -0.39 is 0 Å². The molecule has 6 nitrogen and oxygen atoms in total. The first-order valence-corrected chi connectivity index (χ1v) is 8.62. The summed E-state index contributed by atoms with van der Waals surface area (Å²) in [6.07, 6.45) is 7.99. The highest BCUT2D eigenvalue weighted by atomic mass is 16.5. The van der Waals surface area contributed by atoms with Gasteiger partial charge in [0.25, 0.3) is 0 Å². The van der Waals surface area contributed by atoms with E-state index >= 15 is 0 Å². The molecule has 2 fully saturated rings. The molecule has 2 aliphatic rings. The van der Waals surface area contributed by atoms with Crippen LogP contribution < -0.4 is 5.32 Å². The average molecular weight is 322 g/mol. The van der Waals surface area contributed by atoms with Gasteiger partial charge in [-0.3, -0.25) is 0 Å². The minimum atomic E-state index is -0.178. The number of carbonyl (C=O) groups is 1. The van der Waals surface area contributed by atoms with Crippen LogP contribution in [0.25, 0.3) is 0 Å². The molecule has 1 aromatic rings. The predicted octanol–water partition coefficient (Wildman–Crippen LogP) is 2.71. The van der Waals surface area contributed by atoms with E-state index in [1.807, 2.05) is 12.1 Å². The van der Waals surface area contributed by atoms with Crippen molar-refractivity contribution in [2.24, 2.45) is 0 Å². The van der Waals surface area contributed by atoms with E-state index in [0.29, 0.717) is 39.0 Å². The molecule has 3 rings (SSSR count). The largest absolute Gasteiger partial charge is 0.467 e. The van der Waals surface area contributed by atoms with Gasteiger partial charge in [-0.15, -0.1) is 0 Å². The minimum Gasteiger partial charge on any atom is -0.467 e. The van der Waals surface area contributed by atoms with Crippen molar-refractivity contribution < 1.29 is 18.7 Å². The highest BCUT2D eigenvalue weighted by Crippen LogP contribution is 2.22. The van der Waals surface area contributed by atoms with Crippen molar-refractivity contribution in [1.29, 1.82) is 0 Å². The fraction of sp³-hybridized carbons (Fsp3) is 0.706. The van der Waals surface area contributed by atoms with Crippen LogP contribution in [0.15, 0.2) is 22.8 Å². The van der Waals surface area contributed by atoms with Crippen LogP contribution in [0, 0.1) is 0 Å². The van der Waals surface area contributed by atoms with Crippen LogP contribution in [0.4, 0.5) is 4.79 Å². The summed E-state index contributed by atoms with van der Waals surface area (Å²) in [5.74, 6) is 0.767. The second-order valence-corrected chi connectivity index (χ2v) is 6.18. The number of rotatable bonds is 5. The van der Waals surface area contributed by atoms with Gasteiger partial charge >= 0.3 is 6.03 Å². The van der Waals surface area contributed by atoms with Crippen LogP contribution in [0.1, 0.15) is 44.0 Å². The first-order valence-electron chi connectivity index (χ1n) is 8.62. The molecule has 1 aromatic heterocycles. The SMILES string of the molecule is O=C(NCCOC1CCCCC1)N1CCOC(c2ccco2)C1. The Labute approximate surface area is 137 Å². The lowest BCUT2D eigenvalue weighted by Crippen LogP contribution is -2.47. The Morgan fingerprint density at radius 1 is 1.35 bits per heavy atom. The molecular formula is C17H26N2O4. The maximum absolute atomic E-state index is 12.2. The monoisotopic (exact) mass is 322 g/mol. The molecule has 0 aromatic carbocycles. The second-order valence-electron chi connectivity index (χ2n) is 6.18. The molecule has 1 atom stereocenters. The fourth-order valence-electron chi connectivity index (χ4n) is 3.21. The van der Waals surface area contributed by atoms with E-state index in [9.17, 15) is 4.79 Å². The number of hydrogen-bond acceptors (Lipinski definition) is 4. The van der Waals surface area contributed by atoms with E-state index in [-0.39, 0.29) is 12.1 Å². The van der Waals surface area contributed by atoms with Crippen molar-refractivity contribution in [1.82, 2.24) is 10.2 Å². The zero-order valence-corrected chi connectivity index (χ0v) is 13.5. The maximum Gasteiger partial charge on any atom is 0.317 e. The molecular weight excluding hydrogens is 296 g/mol. The van der Waals surface area contributed by atoms with Crippen LogP contribution in [-0.2, 0) is 9.47 Å². The lowest BCUT2D eigenvalue weighted by atomic mass is 9.98. The zero-order valence-electron chi connectivity index (χ0n) is 13.5. The summed E-state index contributed by atoms with van der Waals surface area (Å²) in [5.41, 5.74) is 0. The quantitative estimate of drug-likeness (QED) is 0.847. The number of morpholine rings is 1. The van der Waals surface area contributed by atoms with Crippen molar-refractivity contribution in [3.8, 4) is 0 Å². The average Bonchev–Trinajstić information content (AvgIpc) is 3.14. The maximum atomic E-state index is 12.2. The first-order chi connectivity index (χ1) is 11.3. The van der Waals surface area contributed by atoms with Crippen molar-refractivity contribution >= 4 is 6.03 Å². The van der Waals surface area contributed by atoms with E-state index in [4.69, 9.17) is 13.9 Å². The van der Waals surface area contributed by atoms with Gasteiger partial charge in [0.05, 0.1) is 32.1 Å². The lowest BCUT2D eigenvalue weighted by molar-refractivity contribution is -0.0265. The van der Waals surface area contributed by atoms with Crippen LogP contribution in [-0.4, -0.2) is 49.9 Å². The molecule has 0 spiro atoms. The normalized spacial score (nSPS) is 23.0. The number of nitrogens with one attached hydrogen (secondary N) is 1. The van der Waals surface area contributed by atoms with Gasteiger partial charge in [-0.05, 0) is 25.0 Å². The van der Waals surface area contributed by atoms with E-state index in [0.717, 1.165) is 18.6 Å².